The van der Waals surface area contributed by atoms with Crippen molar-refractivity contribution in [3.8, 4) is 5.75 Å². The molecule has 21 heavy (non-hydrogen) atoms. The highest BCUT2D eigenvalue weighted by Gasteiger charge is 2.19. The summed E-state index contributed by atoms with van der Waals surface area (Å²) in [4.78, 5) is 0. The molecule has 0 saturated carbocycles. The molecule has 1 aromatic carbocycles. The van der Waals surface area contributed by atoms with E-state index in [1.807, 2.05) is 0 Å². The molecule has 0 saturated heterocycles. The standard InChI is InChI=1S/C11H7BrClF2NO3S2/c12-10-8(13)5-9(20-10)21(17,18)16-6-2-1-3-7(4-6)19-11(14)15/h1-5,11,16H. The van der Waals surface area contributed by atoms with E-state index in [2.05, 4.69) is 25.4 Å². The monoisotopic (exact) mass is 417 g/mol. The molecular weight excluding hydrogens is 412 g/mol. The number of nitrogens with one attached hydrogen (secondary N) is 1. The van der Waals surface area contributed by atoms with E-state index in [1.54, 1.807) is 0 Å². The second kappa shape index (κ2) is 6.47. The van der Waals surface area contributed by atoms with Crippen molar-refractivity contribution in [1.29, 1.82) is 0 Å². The first kappa shape index (κ1) is 16.5. The van der Waals surface area contributed by atoms with Crippen LogP contribution in [0.25, 0.3) is 0 Å². The number of sulfonamides is 1. The summed E-state index contributed by atoms with van der Waals surface area (Å²) in [5, 5.41) is 0.273. The van der Waals surface area contributed by atoms with Crippen molar-refractivity contribution in [2.24, 2.45) is 0 Å². The summed E-state index contributed by atoms with van der Waals surface area (Å²) in [6, 6.07) is 6.56. The topological polar surface area (TPSA) is 55.4 Å². The van der Waals surface area contributed by atoms with Gasteiger partial charge in [-0.1, -0.05) is 17.7 Å². The zero-order chi connectivity index (χ0) is 15.6. The molecule has 114 valence electrons. The molecule has 0 unspecified atom stereocenters. The van der Waals surface area contributed by atoms with Gasteiger partial charge in [-0.15, -0.1) is 11.3 Å². The lowest BCUT2D eigenvalue weighted by atomic mass is 10.3. The maximum atomic E-state index is 12.1. The summed E-state index contributed by atoms with van der Waals surface area (Å²) in [5.41, 5.74) is 0.105. The third-order valence-electron chi connectivity index (χ3n) is 2.20. The number of anilines is 1. The molecule has 10 heteroatoms. The maximum Gasteiger partial charge on any atom is 0.387 e. The number of alkyl halides is 2. The van der Waals surface area contributed by atoms with Gasteiger partial charge in [0.05, 0.1) is 14.5 Å². The van der Waals surface area contributed by atoms with Gasteiger partial charge >= 0.3 is 6.61 Å². The third kappa shape index (κ3) is 4.29. The highest BCUT2D eigenvalue weighted by molar-refractivity contribution is 9.11. The van der Waals surface area contributed by atoms with Gasteiger partial charge in [0.25, 0.3) is 10.0 Å². The van der Waals surface area contributed by atoms with Crippen LogP contribution in [0.1, 0.15) is 0 Å². The van der Waals surface area contributed by atoms with Crippen LogP contribution in [0.5, 0.6) is 5.75 Å². The number of halogens is 4. The fourth-order valence-electron chi connectivity index (χ4n) is 1.40. The van der Waals surface area contributed by atoms with E-state index in [1.165, 1.54) is 24.3 Å². The van der Waals surface area contributed by atoms with E-state index in [9.17, 15) is 17.2 Å². The minimum Gasteiger partial charge on any atom is -0.435 e. The lowest BCUT2D eigenvalue weighted by molar-refractivity contribution is -0.0497. The Morgan fingerprint density at radius 1 is 1.33 bits per heavy atom. The second-order valence-corrected chi connectivity index (χ2v) is 8.39. The average Bonchev–Trinajstić information content (AvgIpc) is 2.69. The first-order chi connectivity index (χ1) is 9.78. The Morgan fingerprint density at radius 2 is 2.05 bits per heavy atom. The third-order valence-corrected chi connectivity index (χ3v) is 6.53. The Labute approximate surface area is 136 Å². The molecule has 0 fully saturated rings. The van der Waals surface area contributed by atoms with E-state index in [0.717, 1.165) is 17.4 Å². The molecule has 0 bridgehead atoms. The summed E-state index contributed by atoms with van der Waals surface area (Å²) in [7, 11) is -3.85. The SMILES string of the molecule is O=S(=O)(Nc1cccc(OC(F)F)c1)c1cc(Cl)c(Br)s1. The summed E-state index contributed by atoms with van der Waals surface area (Å²) >= 11 is 9.85. The largest absolute Gasteiger partial charge is 0.435 e. The predicted octanol–water partition coefficient (Wildman–Crippen LogP) is 4.57. The van der Waals surface area contributed by atoms with Gasteiger partial charge in [0, 0.05) is 6.07 Å². The van der Waals surface area contributed by atoms with Crippen LogP contribution in [-0.2, 0) is 10.0 Å². The number of hydrogen-bond acceptors (Lipinski definition) is 4. The van der Waals surface area contributed by atoms with Crippen molar-refractivity contribution >= 4 is 54.6 Å². The van der Waals surface area contributed by atoms with E-state index < -0.39 is 16.6 Å². The van der Waals surface area contributed by atoms with Crippen LogP contribution < -0.4 is 9.46 Å². The second-order valence-electron chi connectivity index (χ2n) is 3.70. The number of benzene rings is 1. The summed E-state index contributed by atoms with van der Waals surface area (Å²) < 4.78 is 55.5. The van der Waals surface area contributed by atoms with Crippen LogP contribution in [0, 0.1) is 0 Å². The van der Waals surface area contributed by atoms with Crippen molar-refractivity contribution in [1.82, 2.24) is 0 Å². The van der Waals surface area contributed by atoms with Gasteiger partial charge in [0.1, 0.15) is 9.96 Å². The van der Waals surface area contributed by atoms with Crippen molar-refractivity contribution in [3.63, 3.8) is 0 Å². The van der Waals surface area contributed by atoms with Gasteiger partial charge in [-0.25, -0.2) is 8.42 Å². The van der Waals surface area contributed by atoms with Crippen molar-refractivity contribution in [2.45, 2.75) is 10.8 Å². The molecule has 2 aromatic rings. The molecule has 0 aliphatic carbocycles. The van der Waals surface area contributed by atoms with Crippen LogP contribution in [0.2, 0.25) is 5.02 Å². The number of hydrogen-bond donors (Lipinski definition) is 1. The lowest BCUT2D eigenvalue weighted by Gasteiger charge is -2.08. The Hall–Kier alpha value is -0.900. The van der Waals surface area contributed by atoms with Gasteiger partial charge in [0.2, 0.25) is 0 Å². The van der Waals surface area contributed by atoms with E-state index in [0.29, 0.717) is 3.79 Å². The minimum absolute atomic E-state index is 0.000411. The summed E-state index contributed by atoms with van der Waals surface area (Å²) in [5.74, 6) is -0.143. The Balaban J connectivity index is 2.24. The molecule has 0 spiro atoms. The van der Waals surface area contributed by atoms with E-state index >= 15 is 0 Å². The normalized spacial score (nSPS) is 11.7. The average molecular weight is 419 g/mol. The number of rotatable bonds is 5. The Morgan fingerprint density at radius 3 is 2.62 bits per heavy atom. The smallest absolute Gasteiger partial charge is 0.387 e. The molecule has 0 radical (unpaired) electrons. The molecule has 0 aliphatic heterocycles. The van der Waals surface area contributed by atoms with Gasteiger partial charge in [-0.05, 0) is 34.1 Å². The number of ether oxygens (including phenoxy) is 1. The van der Waals surface area contributed by atoms with Crippen LogP contribution >= 0.6 is 38.9 Å². The molecule has 1 heterocycles. The molecule has 1 N–H and O–H groups in total. The van der Waals surface area contributed by atoms with E-state index in [4.69, 9.17) is 11.6 Å². The van der Waals surface area contributed by atoms with Crippen LogP contribution in [0.3, 0.4) is 0 Å². The van der Waals surface area contributed by atoms with Gasteiger partial charge < -0.3 is 4.74 Å². The highest BCUT2D eigenvalue weighted by Crippen LogP contribution is 2.35. The predicted molar refractivity (Wildman–Crippen MR) is 80.9 cm³/mol. The van der Waals surface area contributed by atoms with Gasteiger partial charge in [-0.2, -0.15) is 8.78 Å². The number of thiophene rings is 1. The molecule has 2 rings (SSSR count). The summed E-state index contributed by atoms with van der Waals surface area (Å²) in [6.07, 6.45) is 0. The molecule has 4 nitrogen and oxygen atoms in total. The van der Waals surface area contributed by atoms with Gasteiger partial charge in [0.15, 0.2) is 0 Å². The van der Waals surface area contributed by atoms with Crippen LogP contribution in [-0.4, -0.2) is 15.0 Å². The first-order valence-electron chi connectivity index (χ1n) is 5.30. The van der Waals surface area contributed by atoms with Crippen molar-refractivity contribution in [2.75, 3.05) is 4.72 Å². The minimum atomic E-state index is -3.85. The van der Waals surface area contributed by atoms with E-state index in [-0.39, 0.29) is 20.7 Å². The zero-order valence-electron chi connectivity index (χ0n) is 10.0. The fourth-order valence-corrected chi connectivity index (χ4v) is 4.85. The first-order valence-corrected chi connectivity index (χ1v) is 8.77. The van der Waals surface area contributed by atoms with Crippen LogP contribution in [0.15, 0.2) is 38.3 Å². The molecular formula is C11H7BrClF2NO3S2. The van der Waals surface area contributed by atoms with Gasteiger partial charge in [-0.3, -0.25) is 4.72 Å². The summed E-state index contributed by atoms with van der Waals surface area (Å²) in [6.45, 7) is -2.98. The quantitative estimate of drug-likeness (QED) is 0.774. The maximum absolute atomic E-state index is 12.1. The Kier molecular flexibility index (Phi) is 5.07. The van der Waals surface area contributed by atoms with Crippen LogP contribution in [0.4, 0.5) is 14.5 Å². The van der Waals surface area contributed by atoms with Crippen molar-refractivity contribution in [3.05, 3.63) is 39.1 Å². The lowest BCUT2D eigenvalue weighted by Crippen LogP contribution is -2.11. The van der Waals surface area contributed by atoms with Crippen molar-refractivity contribution < 1.29 is 21.9 Å². The molecule has 0 atom stereocenters. The Bertz CT molecular complexity index is 732. The molecule has 0 aliphatic rings. The zero-order valence-corrected chi connectivity index (χ0v) is 14.0. The highest BCUT2D eigenvalue weighted by atomic mass is 79.9. The molecule has 1 aromatic heterocycles. The fraction of sp³-hybridized carbons (Fsp3) is 0.0909. The molecule has 0 amide bonds.